The molecule has 1 aromatic carbocycles. The summed E-state index contributed by atoms with van der Waals surface area (Å²) >= 11 is 5.58. The lowest BCUT2D eigenvalue weighted by atomic mass is 10.1. The third-order valence-corrected chi connectivity index (χ3v) is 2.71. The Hall–Kier alpha value is -1.42. The predicted octanol–water partition coefficient (Wildman–Crippen LogP) is 2.19. The van der Waals surface area contributed by atoms with Crippen LogP contribution in [0, 0.1) is 0 Å². The van der Waals surface area contributed by atoms with Crippen LogP contribution in [0.15, 0.2) is 18.2 Å². The van der Waals surface area contributed by atoms with Gasteiger partial charge in [-0.05, 0) is 25.5 Å². The van der Waals surface area contributed by atoms with Crippen molar-refractivity contribution >= 4 is 17.5 Å². The highest BCUT2D eigenvalue weighted by atomic mass is 35.5. The maximum atomic E-state index is 12.1. The van der Waals surface area contributed by atoms with Crippen molar-refractivity contribution in [3.8, 4) is 11.5 Å². The van der Waals surface area contributed by atoms with Crippen LogP contribution in [0.3, 0.4) is 0 Å². The number of nitrogens with zero attached hydrogens (tertiary/aromatic N) is 1. The van der Waals surface area contributed by atoms with Crippen LogP contribution in [0.2, 0.25) is 0 Å². The summed E-state index contributed by atoms with van der Waals surface area (Å²) in [7, 11) is 0. The monoisotopic (exact) mass is 257 g/mol. The van der Waals surface area contributed by atoms with Crippen LogP contribution >= 0.6 is 11.6 Å². The van der Waals surface area contributed by atoms with E-state index in [2.05, 4.69) is 0 Å². The molecule has 0 radical (unpaired) electrons. The van der Waals surface area contributed by atoms with E-state index in [-0.39, 0.29) is 23.0 Å². The summed E-state index contributed by atoms with van der Waals surface area (Å²) in [6.45, 7) is 2.97. The first-order valence-corrected chi connectivity index (χ1v) is 6.00. The Morgan fingerprint density at radius 1 is 1.41 bits per heavy atom. The van der Waals surface area contributed by atoms with Crippen LogP contribution < -0.4 is 0 Å². The lowest BCUT2D eigenvalue weighted by molar-refractivity contribution is 0.0762. The number of hydrogen-bond donors (Lipinski definition) is 2. The number of phenolic OH excluding ortho intramolecular Hbond substituents is 2. The first kappa shape index (κ1) is 13.6. The van der Waals surface area contributed by atoms with Crippen LogP contribution in [-0.2, 0) is 0 Å². The molecule has 0 aliphatic carbocycles. The molecule has 0 aromatic heterocycles. The third-order valence-electron chi connectivity index (χ3n) is 2.44. The molecule has 17 heavy (non-hydrogen) atoms. The van der Waals surface area contributed by atoms with E-state index in [4.69, 9.17) is 16.7 Å². The second-order valence-corrected chi connectivity index (χ2v) is 4.01. The van der Waals surface area contributed by atoms with Crippen LogP contribution in [0.1, 0.15) is 23.7 Å². The molecule has 0 unspecified atom stereocenters. The molecule has 1 amide bonds. The molecule has 0 aliphatic heterocycles. The van der Waals surface area contributed by atoms with Gasteiger partial charge in [-0.25, -0.2) is 0 Å². The van der Waals surface area contributed by atoms with Gasteiger partial charge in [0.2, 0.25) is 0 Å². The van der Waals surface area contributed by atoms with Gasteiger partial charge in [0.15, 0.2) is 0 Å². The Morgan fingerprint density at radius 2 is 2.12 bits per heavy atom. The summed E-state index contributed by atoms with van der Waals surface area (Å²) in [5.41, 5.74) is 0.194. The summed E-state index contributed by atoms with van der Waals surface area (Å²) in [6.07, 6.45) is 0.708. The lowest BCUT2D eigenvalue weighted by Crippen LogP contribution is -2.32. The Morgan fingerprint density at radius 3 is 2.65 bits per heavy atom. The second kappa shape index (κ2) is 6.35. The topological polar surface area (TPSA) is 60.8 Å². The molecule has 0 spiro atoms. The van der Waals surface area contributed by atoms with Crippen molar-refractivity contribution < 1.29 is 15.0 Å². The number of aromatic hydroxyl groups is 2. The molecule has 4 nitrogen and oxygen atoms in total. The molecule has 1 rings (SSSR count). The fraction of sp³-hybridized carbons (Fsp3) is 0.417. The van der Waals surface area contributed by atoms with Crippen LogP contribution in [0.25, 0.3) is 0 Å². The van der Waals surface area contributed by atoms with E-state index in [0.29, 0.717) is 25.4 Å². The zero-order valence-corrected chi connectivity index (χ0v) is 10.4. The van der Waals surface area contributed by atoms with Gasteiger partial charge in [0.05, 0.1) is 5.56 Å². The maximum Gasteiger partial charge on any atom is 0.257 e. The number of rotatable bonds is 5. The molecule has 0 saturated carbocycles. The van der Waals surface area contributed by atoms with E-state index in [1.807, 2.05) is 6.92 Å². The molecule has 0 heterocycles. The van der Waals surface area contributed by atoms with E-state index >= 15 is 0 Å². The lowest BCUT2D eigenvalue weighted by Gasteiger charge is -2.20. The van der Waals surface area contributed by atoms with Crippen molar-refractivity contribution in [3.63, 3.8) is 0 Å². The van der Waals surface area contributed by atoms with Gasteiger partial charge in [0.1, 0.15) is 11.5 Å². The van der Waals surface area contributed by atoms with Crippen molar-refractivity contribution in [3.05, 3.63) is 23.8 Å². The Labute approximate surface area is 105 Å². The van der Waals surface area contributed by atoms with E-state index in [1.54, 1.807) is 4.90 Å². The molecule has 1 aromatic rings. The van der Waals surface area contributed by atoms with Gasteiger partial charge >= 0.3 is 0 Å². The average Bonchev–Trinajstić information content (AvgIpc) is 2.29. The molecule has 0 aliphatic rings. The zero-order valence-electron chi connectivity index (χ0n) is 9.69. The van der Waals surface area contributed by atoms with E-state index in [1.165, 1.54) is 12.1 Å². The minimum absolute atomic E-state index is 0.0668. The molecule has 94 valence electrons. The van der Waals surface area contributed by atoms with Crippen molar-refractivity contribution in [2.45, 2.75) is 13.3 Å². The molecular formula is C12H16ClNO3. The first-order valence-electron chi connectivity index (χ1n) is 5.47. The van der Waals surface area contributed by atoms with Crippen molar-refractivity contribution in [2.24, 2.45) is 0 Å². The summed E-state index contributed by atoms with van der Waals surface area (Å²) < 4.78 is 0. The fourth-order valence-corrected chi connectivity index (χ4v) is 1.64. The van der Waals surface area contributed by atoms with Gasteiger partial charge in [0.25, 0.3) is 5.91 Å². The molecule has 2 N–H and O–H groups in total. The first-order chi connectivity index (χ1) is 8.10. The number of carbonyl (C=O) groups excluding carboxylic acids is 1. The Balaban J connectivity index is 2.86. The summed E-state index contributed by atoms with van der Waals surface area (Å²) in [6, 6.07) is 3.95. The minimum atomic E-state index is -0.255. The zero-order chi connectivity index (χ0) is 12.8. The van der Waals surface area contributed by atoms with Gasteiger partial charge in [-0.2, -0.15) is 0 Å². The summed E-state index contributed by atoms with van der Waals surface area (Å²) in [4.78, 5) is 13.7. The molecule has 5 heteroatoms. The number of halogens is 1. The largest absolute Gasteiger partial charge is 0.508 e. The number of phenols is 2. The SMILES string of the molecule is CCN(CCCCl)C(=O)c1ccc(O)cc1O. The molecule has 0 atom stereocenters. The third kappa shape index (κ3) is 3.53. The van der Waals surface area contributed by atoms with Crippen LogP contribution in [0.5, 0.6) is 11.5 Å². The molecule has 0 bridgehead atoms. The van der Waals surface area contributed by atoms with Gasteiger partial charge in [0, 0.05) is 25.0 Å². The van der Waals surface area contributed by atoms with E-state index in [0.717, 1.165) is 6.07 Å². The van der Waals surface area contributed by atoms with Crippen LogP contribution in [-0.4, -0.2) is 40.0 Å². The number of carbonyl (C=O) groups is 1. The van der Waals surface area contributed by atoms with Gasteiger partial charge in [-0.3, -0.25) is 4.79 Å². The van der Waals surface area contributed by atoms with Gasteiger partial charge in [-0.1, -0.05) is 0 Å². The second-order valence-electron chi connectivity index (χ2n) is 3.63. The smallest absolute Gasteiger partial charge is 0.257 e. The van der Waals surface area contributed by atoms with Crippen molar-refractivity contribution in [1.29, 1.82) is 0 Å². The standard InChI is InChI=1S/C12H16ClNO3/c1-2-14(7-3-6-13)12(17)10-5-4-9(15)8-11(10)16/h4-5,8,15-16H,2-3,6-7H2,1H3. The van der Waals surface area contributed by atoms with E-state index in [9.17, 15) is 9.90 Å². The highest BCUT2D eigenvalue weighted by molar-refractivity contribution is 6.17. The number of hydrogen-bond acceptors (Lipinski definition) is 3. The molecule has 0 fully saturated rings. The molecular weight excluding hydrogens is 242 g/mol. The van der Waals surface area contributed by atoms with Crippen molar-refractivity contribution in [1.82, 2.24) is 4.90 Å². The Kier molecular flexibility index (Phi) is 5.10. The maximum absolute atomic E-state index is 12.1. The Bertz CT molecular complexity index is 395. The highest BCUT2D eigenvalue weighted by Gasteiger charge is 2.17. The van der Waals surface area contributed by atoms with Gasteiger partial charge < -0.3 is 15.1 Å². The number of amides is 1. The predicted molar refractivity (Wildman–Crippen MR) is 66.7 cm³/mol. The normalized spacial score (nSPS) is 10.2. The highest BCUT2D eigenvalue weighted by Crippen LogP contribution is 2.23. The molecule has 0 saturated heterocycles. The minimum Gasteiger partial charge on any atom is -0.508 e. The summed E-state index contributed by atoms with van der Waals surface area (Å²) in [5, 5.41) is 18.8. The summed E-state index contributed by atoms with van der Waals surface area (Å²) in [5.74, 6) is -0.0389. The van der Waals surface area contributed by atoms with Gasteiger partial charge in [-0.15, -0.1) is 11.6 Å². The van der Waals surface area contributed by atoms with Crippen LogP contribution in [0.4, 0.5) is 0 Å². The number of benzene rings is 1. The fourth-order valence-electron chi connectivity index (χ4n) is 1.53. The average molecular weight is 258 g/mol. The quantitative estimate of drug-likeness (QED) is 0.795. The van der Waals surface area contributed by atoms with E-state index < -0.39 is 0 Å². The number of alkyl halides is 1. The van der Waals surface area contributed by atoms with Crippen molar-refractivity contribution in [2.75, 3.05) is 19.0 Å².